The van der Waals surface area contributed by atoms with Gasteiger partial charge in [0.15, 0.2) is 0 Å². The molecule has 0 aliphatic heterocycles. The summed E-state index contributed by atoms with van der Waals surface area (Å²) in [5.41, 5.74) is 0. The van der Waals surface area contributed by atoms with E-state index in [1.165, 1.54) is 57.5 Å². The Balaban J connectivity index is 0. The highest BCUT2D eigenvalue weighted by Gasteiger charge is 2.34. The van der Waals surface area contributed by atoms with E-state index in [9.17, 15) is 0 Å². The molecule has 0 aliphatic rings. The zero-order valence-electron chi connectivity index (χ0n) is 14.1. The summed E-state index contributed by atoms with van der Waals surface area (Å²) in [7, 11) is -0.655. The van der Waals surface area contributed by atoms with Crippen LogP contribution in [-0.4, -0.2) is 24.6 Å². The minimum Gasteiger partial charge on any atom is -1.00 e. The smallest absolute Gasteiger partial charge is 0.0594 e. The van der Waals surface area contributed by atoms with Crippen molar-refractivity contribution in [2.45, 2.75) is 78.6 Å². The largest absolute Gasteiger partial charge is 1.00 e. The Morgan fingerprint density at radius 3 is 1.45 bits per heavy atom. The quantitative estimate of drug-likeness (QED) is 0.268. The van der Waals surface area contributed by atoms with Gasteiger partial charge in [0.05, 0.1) is 24.6 Å². The first-order chi connectivity index (χ1) is 9.24. The zero-order chi connectivity index (χ0) is 14.4. The third-order valence-electron chi connectivity index (χ3n) is 4.16. The van der Waals surface area contributed by atoms with E-state index in [-0.39, 0.29) is 17.0 Å². The van der Waals surface area contributed by atoms with Crippen molar-refractivity contribution in [3.63, 3.8) is 0 Å². The summed E-state index contributed by atoms with van der Waals surface area (Å²) < 4.78 is 0. The molecule has 0 N–H and O–H groups in total. The molecule has 0 saturated carbocycles. The van der Waals surface area contributed by atoms with E-state index < -0.39 is 7.26 Å². The highest BCUT2D eigenvalue weighted by molar-refractivity contribution is 7.75. The molecule has 120 valence electrons. The van der Waals surface area contributed by atoms with Crippen LogP contribution in [0.15, 0.2) is 0 Å². The van der Waals surface area contributed by atoms with Gasteiger partial charge in [-0.1, -0.05) is 40.0 Å². The van der Waals surface area contributed by atoms with Gasteiger partial charge in [-0.05, 0) is 32.1 Å². The predicted molar refractivity (Wildman–Crippen MR) is 93.8 cm³/mol. The Hall–Kier alpha value is 0.470. The first kappa shape index (κ1) is 22.7. The van der Waals surface area contributed by atoms with Gasteiger partial charge in [0.2, 0.25) is 0 Å². The zero-order valence-corrected chi connectivity index (χ0v) is 16.6. The van der Waals surface area contributed by atoms with Crippen LogP contribution in [-0.2, 0) is 0 Å². The van der Waals surface area contributed by atoms with E-state index in [4.69, 9.17) is 6.42 Å². The normalized spacial score (nSPS) is 10.9. The molecule has 0 aromatic heterocycles. The van der Waals surface area contributed by atoms with Crippen molar-refractivity contribution >= 4 is 7.26 Å². The van der Waals surface area contributed by atoms with Crippen LogP contribution in [0.2, 0.25) is 0 Å². The average Bonchev–Trinajstić information content (AvgIpc) is 2.44. The molecule has 0 nitrogen and oxygen atoms in total. The molecule has 0 aromatic carbocycles. The van der Waals surface area contributed by atoms with Crippen LogP contribution in [0.1, 0.15) is 78.6 Å². The van der Waals surface area contributed by atoms with Gasteiger partial charge in [-0.2, -0.15) is 0 Å². The molecule has 0 amide bonds. The fourth-order valence-electron chi connectivity index (χ4n) is 2.83. The van der Waals surface area contributed by atoms with E-state index in [1.807, 2.05) is 0 Å². The molecule has 0 bridgehead atoms. The summed E-state index contributed by atoms with van der Waals surface area (Å²) in [5.74, 6) is 2.80. The summed E-state index contributed by atoms with van der Waals surface area (Å²) >= 11 is 0. The van der Waals surface area contributed by atoms with Gasteiger partial charge in [-0.15, -0.1) is 12.3 Å². The lowest BCUT2D eigenvalue weighted by molar-refractivity contribution is -0.00000436. The monoisotopic (exact) mass is 362 g/mol. The molecule has 2 heteroatoms. The second-order valence-electron chi connectivity index (χ2n) is 5.96. The molecule has 0 heterocycles. The van der Waals surface area contributed by atoms with Crippen LogP contribution in [0.5, 0.6) is 0 Å². The number of unbranched alkanes of at least 4 members (excludes halogenated alkanes) is 5. The molecular weight excluding hydrogens is 327 g/mol. The average molecular weight is 363 g/mol. The molecule has 0 radical (unpaired) electrons. The second-order valence-corrected chi connectivity index (χ2v) is 10.4. The lowest BCUT2D eigenvalue weighted by atomic mass is 10.3. The third kappa shape index (κ3) is 11.2. The van der Waals surface area contributed by atoms with Crippen molar-refractivity contribution in [1.29, 1.82) is 0 Å². The van der Waals surface area contributed by atoms with Gasteiger partial charge in [0, 0.05) is 13.7 Å². The fraction of sp³-hybridized carbons (Fsp3) is 0.889. The van der Waals surface area contributed by atoms with Crippen LogP contribution in [0, 0.1) is 12.3 Å². The van der Waals surface area contributed by atoms with Crippen LogP contribution in [0.4, 0.5) is 0 Å². The number of hydrogen-bond donors (Lipinski definition) is 0. The molecular formula is C18H36BrP. The number of rotatable bonds is 13. The van der Waals surface area contributed by atoms with Gasteiger partial charge in [-0.3, -0.25) is 0 Å². The van der Waals surface area contributed by atoms with Gasteiger partial charge >= 0.3 is 0 Å². The van der Waals surface area contributed by atoms with Crippen molar-refractivity contribution in [1.82, 2.24) is 0 Å². The summed E-state index contributed by atoms with van der Waals surface area (Å²) in [6.07, 6.45) is 23.6. The Bertz CT molecular complexity index is 210. The molecule has 0 unspecified atom stereocenters. The molecule has 0 aliphatic carbocycles. The summed E-state index contributed by atoms with van der Waals surface area (Å²) in [6, 6.07) is 0. The van der Waals surface area contributed by atoms with Gasteiger partial charge in [0.25, 0.3) is 0 Å². The molecule has 0 rings (SSSR count). The highest BCUT2D eigenvalue weighted by Crippen LogP contribution is 2.61. The van der Waals surface area contributed by atoms with Crippen molar-refractivity contribution in [3.8, 4) is 12.3 Å². The maximum absolute atomic E-state index is 5.38. The molecule has 0 saturated heterocycles. The standard InChI is InChI=1S/C18H36P.BrH/c1-5-9-13-14-18-19(15-10-6-2,16-11-7-3)17-12-8-4;/h1H,6-18H2,2-4H3;1H/q+1;/p-1. The Kier molecular flexibility index (Phi) is 18.0. The van der Waals surface area contributed by atoms with Gasteiger partial charge in [-0.25, -0.2) is 0 Å². The second kappa shape index (κ2) is 15.9. The van der Waals surface area contributed by atoms with Gasteiger partial charge in [0.1, 0.15) is 0 Å². The number of terminal acetylenes is 1. The van der Waals surface area contributed by atoms with E-state index in [1.54, 1.807) is 18.5 Å². The lowest BCUT2D eigenvalue weighted by Gasteiger charge is -2.28. The Labute approximate surface area is 140 Å². The molecule has 0 spiro atoms. The first-order valence-electron chi connectivity index (χ1n) is 8.53. The van der Waals surface area contributed by atoms with Crippen molar-refractivity contribution in [2.75, 3.05) is 24.6 Å². The van der Waals surface area contributed by atoms with Crippen LogP contribution >= 0.6 is 7.26 Å². The molecule has 0 fully saturated rings. The minimum atomic E-state index is -0.655. The highest BCUT2D eigenvalue weighted by atomic mass is 79.9. The summed E-state index contributed by atoms with van der Waals surface area (Å²) in [4.78, 5) is 0. The first-order valence-corrected chi connectivity index (χ1v) is 11.1. The van der Waals surface area contributed by atoms with Crippen molar-refractivity contribution < 1.29 is 17.0 Å². The SMILES string of the molecule is C#CCCCC[P+](CCCC)(CCCC)CCCC.[Br-]. The number of halogens is 1. The van der Waals surface area contributed by atoms with Crippen LogP contribution < -0.4 is 17.0 Å². The van der Waals surface area contributed by atoms with E-state index in [2.05, 4.69) is 26.7 Å². The fourth-order valence-corrected chi connectivity index (χ4v) is 8.02. The van der Waals surface area contributed by atoms with E-state index in [0.29, 0.717) is 0 Å². The molecule has 20 heavy (non-hydrogen) atoms. The Morgan fingerprint density at radius 1 is 0.700 bits per heavy atom. The van der Waals surface area contributed by atoms with E-state index in [0.717, 1.165) is 6.42 Å². The van der Waals surface area contributed by atoms with Crippen molar-refractivity contribution in [2.24, 2.45) is 0 Å². The minimum absolute atomic E-state index is 0. The maximum atomic E-state index is 5.38. The molecule has 0 atom stereocenters. The predicted octanol–water partition coefficient (Wildman–Crippen LogP) is 3.21. The van der Waals surface area contributed by atoms with Crippen LogP contribution in [0.3, 0.4) is 0 Å². The third-order valence-corrected chi connectivity index (χ3v) is 9.22. The maximum Gasteiger partial charge on any atom is 0.0594 e. The topological polar surface area (TPSA) is 0 Å². The van der Waals surface area contributed by atoms with Gasteiger partial charge < -0.3 is 17.0 Å². The summed E-state index contributed by atoms with van der Waals surface area (Å²) in [5, 5.41) is 0. The summed E-state index contributed by atoms with van der Waals surface area (Å²) in [6.45, 7) is 7.02. The lowest BCUT2D eigenvalue weighted by Crippen LogP contribution is -3.00. The van der Waals surface area contributed by atoms with E-state index >= 15 is 0 Å². The molecule has 0 aromatic rings. The van der Waals surface area contributed by atoms with Crippen LogP contribution in [0.25, 0.3) is 0 Å². The number of hydrogen-bond acceptors (Lipinski definition) is 0. The van der Waals surface area contributed by atoms with Crippen molar-refractivity contribution in [3.05, 3.63) is 0 Å². The Morgan fingerprint density at radius 2 is 1.10 bits per heavy atom.